The van der Waals surface area contributed by atoms with Gasteiger partial charge in [-0.25, -0.2) is 4.79 Å². The smallest absolute Gasteiger partial charge is 0.346 e. The van der Waals surface area contributed by atoms with Gasteiger partial charge < -0.3 is 35.7 Å². The summed E-state index contributed by atoms with van der Waals surface area (Å²) in [6, 6.07) is -0.961. The quantitative estimate of drug-likeness (QED) is 0.217. The average Bonchev–Trinajstić information content (AvgIpc) is 2.72. The molecule has 4 atom stereocenters. The van der Waals surface area contributed by atoms with E-state index in [9.17, 15) is 19.2 Å². The fourth-order valence-corrected chi connectivity index (χ4v) is 2.10. The summed E-state index contributed by atoms with van der Waals surface area (Å²) >= 11 is 0. The molecule has 0 aromatic heterocycles. The van der Waals surface area contributed by atoms with Crippen LogP contribution in [-0.4, -0.2) is 61.0 Å². The van der Waals surface area contributed by atoms with E-state index in [4.69, 9.17) is 30.4 Å². The molecule has 2 amide bonds. The van der Waals surface area contributed by atoms with Crippen molar-refractivity contribution in [3.63, 3.8) is 0 Å². The lowest BCUT2D eigenvalue weighted by Crippen LogP contribution is -2.47. The maximum atomic E-state index is 11.7. The summed E-state index contributed by atoms with van der Waals surface area (Å²) < 4.78 is 20.5. The third-order valence-electron chi connectivity index (χ3n) is 2.86. The third-order valence-corrected chi connectivity index (χ3v) is 2.86. The van der Waals surface area contributed by atoms with Gasteiger partial charge in [0.25, 0.3) is 0 Å². The first-order valence-corrected chi connectivity index (χ1v) is 7.13. The van der Waals surface area contributed by atoms with Gasteiger partial charge in [0.2, 0.25) is 0 Å². The molecule has 1 aliphatic rings. The second kappa shape index (κ2) is 8.82. The van der Waals surface area contributed by atoms with Crippen LogP contribution in [0.15, 0.2) is 4.99 Å². The van der Waals surface area contributed by atoms with Gasteiger partial charge >= 0.3 is 23.9 Å². The highest BCUT2D eigenvalue weighted by molar-refractivity contribution is 5.90. The number of hydrogen-bond acceptors (Lipinski definition) is 8. The van der Waals surface area contributed by atoms with E-state index in [0.29, 0.717) is 0 Å². The molecule has 5 N–H and O–H groups in total. The number of amides is 2. The molecule has 0 spiro atoms. The van der Waals surface area contributed by atoms with Gasteiger partial charge in [0.1, 0.15) is 12.7 Å². The molecule has 0 bridgehead atoms. The topological polar surface area (TPSA) is 182 Å². The first kappa shape index (κ1) is 20.2. The Morgan fingerprint density at radius 3 is 2.04 bits per heavy atom. The molecular weight excluding hydrogens is 340 g/mol. The van der Waals surface area contributed by atoms with Crippen molar-refractivity contribution in [2.45, 2.75) is 45.3 Å². The maximum absolute atomic E-state index is 11.7. The lowest BCUT2D eigenvalue weighted by atomic mass is 10.1. The summed E-state index contributed by atoms with van der Waals surface area (Å²) in [7, 11) is 0. The van der Waals surface area contributed by atoms with Crippen LogP contribution >= 0.6 is 0 Å². The van der Waals surface area contributed by atoms with Crippen molar-refractivity contribution in [3.8, 4) is 0 Å². The Bertz CT molecular complexity index is 574. The Kier molecular flexibility index (Phi) is 7.11. The summed E-state index contributed by atoms with van der Waals surface area (Å²) in [5.41, 5.74) is 10.2. The van der Waals surface area contributed by atoms with E-state index >= 15 is 0 Å². The fraction of sp³-hybridized carbons (Fsp3) is 0.615. The molecule has 0 unspecified atom stereocenters. The molecule has 1 saturated heterocycles. The molecule has 1 rings (SSSR count). The number of nitrogens with one attached hydrogen (secondary N) is 1. The Morgan fingerprint density at radius 1 is 1.00 bits per heavy atom. The minimum absolute atomic E-state index is 0.292. The molecule has 25 heavy (non-hydrogen) atoms. The van der Waals surface area contributed by atoms with Crippen LogP contribution in [-0.2, 0) is 33.3 Å². The Balaban J connectivity index is 3.00. The summed E-state index contributed by atoms with van der Waals surface area (Å²) in [4.78, 5) is 48.6. The van der Waals surface area contributed by atoms with Crippen molar-refractivity contribution >= 4 is 29.9 Å². The molecule has 1 aliphatic heterocycles. The highest BCUT2D eigenvalue weighted by Crippen LogP contribution is 2.26. The zero-order valence-electron chi connectivity index (χ0n) is 13.9. The molecule has 0 saturated carbocycles. The van der Waals surface area contributed by atoms with E-state index in [1.165, 1.54) is 6.92 Å². The van der Waals surface area contributed by atoms with Crippen LogP contribution in [0.5, 0.6) is 0 Å². The van der Waals surface area contributed by atoms with Gasteiger partial charge in [0, 0.05) is 20.8 Å². The largest absolute Gasteiger partial charge is 0.463 e. The number of rotatable bonds is 5. The molecule has 0 aromatic rings. The summed E-state index contributed by atoms with van der Waals surface area (Å²) in [5, 5.41) is 2.27. The van der Waals surface area contributed by atoms with Crippen LogP contribution in [0.2, 0.25) is 0 Å². The zero-order valence-corrected chi connectivity index (χ0v) is 13.9. The van der Waals surface area contributed by atoms with Crippen LogP contribution in [0.4, 0.5) is 4.79 Å². The van der Waals surface area contributed by atoms with E-state index in [-0.39, 0.29) is 6.61 Å². The Morgan fingerprint density at radius 2 is 1.56 bits per heavy atom. The second-order valence-electron chi connectivity index (χ2n) is 5.03. The Hall–Kier alpha value is -2.89. The van der Waals surface area contributed by atoms with Crippen LogP contribution in [0, 0.1) is 0 Å². The summed E-state index contributed by atoms with van der Waals surface area (Å²) in [6.07, 6.45) is -4.53. The molecule has 0 radical (unpaired) electrons. The number of guanidine groups is 1. The van der Waals surface area contributed by atoms with Gasteiger partial charge in [-0.05, 0) is 0 Å². The van der Waals surface area contributed by atoms with Gasteiger partial charge in [-0.2, -0.15) is 4.99 Å². The number of urea groups is 1. The number of esters is 3. The second-order valence-corrected chi connectivity index (χ2v) is 5.03. The average molecular weight is 360 g/mol. The molecule has 12 heteroatoms. The Labute approximate surface area is 142 Å². The molecule has 0 aliphatic carbocycles. The number of aliphatic imine (C=N–C) groups is 1. The van der Waals surface area contributed by atoms with Crippen LogP contribution in [0.25, 0.3) is 0 Å². The lowest BCUT2D eigenvalue weighted by Gasteiger charge is -2.23. The van der Waals surface area contributed by atoms with Crippen LogP contribution in [0.1, 0.15) is 20.8 Å². The van der Waals surface area contributed by atoms with Crippen LogP contribution in [0.3, 0.4) is 0 Å². The van der Waals surface area contributed by atoms with E-state index < -0.39 is 54.4 Å². The van der Waals surface area contributed by atoms with Crippen molar-refractivity contribution in [3.05, 3.63) is 0 Å². The highest BCUT2D eigenvalue weighted by Gasteiger charge is 2.50. The standard InChI is InChI=1S/C13H20N4O8/c1-5(18)22-4-8-9(23-6(2)19)10(24-7(3)20)11(25-8)16-13(21)17-12(14)15/h8-11H,4H2,1-3H3,(H5,14,15,16,17,21)/t8-,9-,10-,11-/m1/s1. The van der Waals surface area contributed by atoms with E-state index in [1.807, 2.05) is 0 Å². The van der Waals surface area contributed by atoms with Gasteiger partial charge in [0.05, 0.1) is 0 Å². The minimum atomic E-state index is -1.23. The summed E-state index contributed by atoms with van der Waals surface area (Å²) in [5.74, 6) is -2.48. The van der Waals surface area contributed by atoms with Crippen LogP contribution < -0.4 is 16.8 Å². The SMILES string of the molecule is CC(=O)OC[C@H]1O[C@@H](NC(=O)N=C(N)N)[C@H](OC(C)=O)[C@@H]1OC(C)=O. The number of nitrogens with zero attached hydrogens (tertiary/aromatic N) is 1. The molecule has 1 fully saturated rings. The monoisotopic (exact) mass is 360 g/mol. The fourth-order valence-electron chi connectivity index (χ4n) is 2.10. The van der Waals surface area contributed by atoms with Crippen molar-refractivity contribution in [2.24, 2.45) is 16.5 Å². The third kappa shape index (κ3) is 6.63. The summed E-state index contributed by atoms with van der Waals surface area (Å²) in [6.45, 7) is 3.15. The first-order valence-electron chi connectivity index (χ1n) is 7.13. The minimum Gasteiger partial charge on any atom is -0.463 e. The highest BCUT2D eigenvalue weighted by atomic mass is 16.7. The van der Waals surface area contributed by atoms with Gasteiger partial charge in [-0.3, -0.25) is 14.4 Å². The van der Waals surface area contributed by atoms with Crippen molar-refractivity contribution < 1.29 is 38.1 Å². The maximum Gasteiger partial charge on any atom is 0.346 e. The van der Waals surface area contributed by atoms with Crippen molar-refractivity contribution in [2.75, 3.05) is 6.61 Å². The predicted molar refractivity (Wildman–Crippen MR) is 80.7 cm³/mol. The number of carbonyl (C=O) groups excluding carboxylic acids is 4. The van der Waals surface area contributed by atoms with Gasteiger partial charge in [0.15, 0.2) is 24.4 Å². The molecule has 140 valence electrons. The molecule has 12 nitrogen and oxygen atoms in total. The predicted octanol–water partition coefficient (Wildman–Crippen LogP) is -1.88. The zero-order chi connectivity index (χ0) is 19.1. The van der Waals surface area contributed by atoms with Crippen molar-refractivity contribution in [1.82, 2.24) is 5.32 Å². The molecular formula is C13H20N4O8. The number of carbonyl (C=O) groups is 4. The molecule has 1 heterocycles. The number of hydrogen-bond donors (Lipinski definition) is 3. The van der Waals surface area contributed by atoms with Gasteiger partial charge in [-0.15, -0.1) is 0 Å². The normalized spacial score (nSPS) is 24.8. The lowest BCUT2D eigenvalue weighted by molar-refractivity contribution is -0.165. The van der Waals surface area contributed by atoms with E-state index in [2.05, 4.69) is 10.3 Å². The van der Waals surface area contributed by atoms with E-state index in [1.54, 1.807) is 0 Å². The van der Waals surface area contributed by atoms with E-state index in [0.717, 1.165) is 13.8 Å². The van der Waals surface area contributed by atoms with Gasteiger partial charge in [-0.1, -0.05) is 0 Å². The number of nitrogens with two attached hydrogens (primary N) is 2. The molecule has 0 aromatic carbocycles. The van der Waals surface area contributed by atoms with Crippen molar-refractivity contribution in [1.29, 1.82) is 0 Å². The number of ether oxygens (including phenoxy) is 4. The first-order chi connectivity index (χ1) is 11.6.